The molecule has 0 aliphatic carbocycles. The highest BCUT2D eigenvalue weighted by Crippen LogP contribution is 2.19. The second kappa shape index (κ2) is 8.47. The smallest absolute Gasteiger partial charge is 0.268 e. The molecule has 2 N–H and O–H groups in total. The van der Waals surface area contributed by atoms with Crippen LogP contribution in [0.2, 0.25) is 0 Å². The molecule has 6 nitrogen and oxygen atoms in total. The van der Waals surface area contributed by atoms with E-state index in [0.29, 0.717) is 16.9 Å². The molecular formula is C21H18F2N4O2. The van der Waals surface area contributed by atoms with E-state index in [9.17, 15) is 18.4 Å². The summed E-state index contributed by atoms with van der Waals surface area (Å²) < 4.78 is 28.3. The van der Waals surface area contributed by atoms with Gasteiger partial charge in [0, 0.05) is 17.3 Å². The Morgan fingerprint density at radius 2 is 1.69 bits per heavy atom. The molecule has 0 radical (unpaired) electrons. The molecule has 0 spiro atoms. The maximum Gasteiger partial charge on any atom is 0.272 e. The number of amides is 2. The number of nitrogens with one attached hydrogen (secondary N) is 2. The van der Waals surface area contributed by atoms with Gasteiger partial charge in [-0.1, -0.05) is 12.1 Å². The minimum atomic E-state index is -0.763. The molecule has 0 fully saturated rings. The molecule has 0 aliphatic rings. The van der Waals surface area contributed by atoms with Crippen LogP contribution in [0.5, 0.6) is 0 Å². The van der Waals surface area contributed by atoms with E-state index in [-0.39, 0.29) is 11.4 Å². The summed E-state index contributed by atoms with van der Waals surface area (Å²) in [4.78, 5) is 23.9. The quantitative estimate of drug-likeness (QED) is 0.525. The summed E-state index contributed by atoms with van der Waals surface area (Å²) in [6.07, 6.45) is 2.79. The fourth-order valence-corrected chi connectivity index (χ4v) is 2.76. The molecule has 0 bridgehead atoms. The maximum absolute atomic E-state index is 13.6. The van der Waals surface area contributed by atoms with Crippen molar-refractivity contribution in [2.24, 2.45) is 0 Å². The Morgan fingerprint density at radius 3 is 2.38 bits per heavy atom. The van der Waals surface area contributed by atoms with Crippen molar-refractivity contribution in [1.29, 1.82) is 0 Å². The molecule has 1 aromatic heterocycles. The van der Waals surface area contributed by atoms with Gasteiger partial charge < -0.3 is 0 Å². The van der Waals surface area contributed by atoms with Crippen molar-refractivity contribution in [3.05, 3.63) is 88.8 Å². The number of carbonyl (C=O) groups is 2. The Morgan fingerprint density at radius 1 is 1.00 bits per heavy atom. The molecule has 3 aromatic rings. The average molecular weight is 396 g/mol. The van der Waals surface area contributed by atoms with E-state index < -0.39 is 17.6 Å². The average Bonchev–Trinajstić information content (AvgIpc) is 2.99. The van der Waals surface area contributed by atoms with Gasteiger partial charge in [-0.15, -0.1) is 0 Å². The predicted octanol–water partition coefficient (Wildman–Crippen LogP) is 3.24. The highest BCUT2D eigenvalue weighted by molar-refractivity contribution is 5.98. The normalized spacial score (nSPS) is 10.9. The van der Waals surface area contributed by atoms with Crippen LogP contribution in [0, 0.1) is 25.5 Å². The topological polar surface area (TPSA) is 76.0 Å². The number of benzene rings is 2. The first-order chi connectivity index (χ1) is 13.9. The fraction of sp³-hybridized carbons (Fsp3) is 0.0952. The van der Waals surface area contributed by atoms with E-state index in [4.69, 9.17) is 0 Å². The van der Waals surface area contributed by atoms with Gasteiger partial charge >= 0.3 is 0 Å². The third-order valence-electron chi connectivity index (χ3n) is 4.24. The standard InChI is InChI=1S/C21H18F2N4O2/c1-13-17(14(2)27(26-13)16-9-7-15(22)8-10-16)11-12-20(28)24-25-21(29)18-5-3-4-6-19(18)23/h3-12H,1-2H3,(H,24,28)(H,25,29)/b12-11+. The van der Waals surface area contributed by atoms with Crippen LogP contribution in [0.25, 0.3) is 11.8 Å². The number of hydrazine groups is 1. The summed E-state index contributed by atoms with van der Waals surface area (Å²) in [5.74, 6) is -2.39. The highest BCUT2D eigenvalue weighted by Gasteiger charge is 2.12. The molecule has 0 atom stereocenters. The zero-order valence-corrected chi connectivity index (χ0v) is 15.7. The van der Waals surface area contributed by atoms with Gasteiger partial charge in [-0.2, -0.15) is 5.10 Å². The number of nitrogens with zero attached hydrogens (tertiary/aromatic N) is 2. The van der Waals surface area contributed by atoms with Crippen LogP contribution < -0.4 is 10.9 Å². The first-order valence-corrected chi connectivity index (χ1v) is 8.72. The molecule has 0 aliphatic heterocycles. The monoisotopic (exact) mass is 396 g/mol. The Bertz CT molecular complexity index is 1090. The lowest BCUT2D eigenvalue weighted by molar-refractivity contribution is -0.117. The number of rotatable bonds is 4. The summed E-state index contributed by atoms with van der Waals surface area (Å²) in [6, 6.07) is 11.3. The van der Waals surface area contributed by atoms with Crippen LogP contribution in [-0.4, -0.2) is 21.6 Å². The molecule has 3 rings (SSSR count). The summed E-state index contributed by atoms with van der Waals surface area (Å²) in [6.45, 7) is 3.60. The van der Waals surface area contributed by atoms with Crippen LogP contribution in [-0.2, 0) is 4.79 Å². The largest absolute Gasteiger partial charge is 0.272 e. The number of aryl methyl sites for hydroxylation is 1. The van der Waals surface area contributed by atoms with Gasteiger partial charge in [-0.3, -0.25) is 20.4 Å². The lowest BCUT2D eigenvalue weighted by Gasteiger charge is -2.06. The van der Waals surface area contributed by atoms with Crippen LogP contribution in [0.3, 0.4) is 0 Å². The van der Waals surface area contributed by atoms with Crippen molar-refractivity contribution in [1.82, 2.24) is 20.6 Å². The van der Waals surface area contributed by atoms with Crippen molar-refractivity contribution < 1.29 is 18.4 Å². The van der Waals surface area contributed by atoms with Crippen molar-refractivity contribution in [2.75, 3.05) is 0 Å². The highest BCUT2D eigenvalue weighted by atomic mass is 19.1. The maximum atomic E-state index is 13.6. The fourth-order valence-electron chi connectivity index (χ4n) is 2.76. The van der Waals surface area contributed by atoms with Gasteiger partial charge in [-0.05, 0) is 56.3 Å². The summed E-state index contributed by atoms with van der Waals surface area (Å²) in [7, 11) is 0. The van der Waals surface area contributed by atoms with E-state index in [1.165, 1.54) is 36.4 Å². The van der Waals surface area contributed by atoms with E-state index >= 15 is 0 Å². The van der Waals surface area contributed by atoms with Gasteiger partial charge in [0.25, 0.3) is 11.8 Å². The number of hydrogen-bond donors (Lipinski definition) is 2. The Labute approximate surface area is 165 Å². The minimum Gasteiger partial charge on any atom is -0.268 e. The molecule has 148 valence electrons. The lowest BCUT2D eigenvalue weighted by Crippen LogP contribution is -2.41. The third kappa shape index (κ3) is 4.55. The Balaban J connectivity index is 1.68. The number of carbonyl (C=O) groups excluding carboxylic acids is 2. The van der Waals surface area contributed by atoms with E-state index in [1.54, 1.807) is 29.8 Å². The molecule has 0 saturated carbocycles. The van der Waals surface area contributed by atoms with E-state index in [2.05, 4.69) is 16.0 Å². The Kier molecular flexibility index (Phi) is 5.82. The molecule has 2 aromatic carbocycles. The molecule has 29 heavy (non-hydrogen) atoms. The van der Waals surface area contributed by atoms with E-state index in [0.717, 1.165) is 11.8 Å². The van der Waals surface area contributed by atoms with Gasteiger partial charge in [-0.25, -0.2) is 13.5 Å². The molecular weight excluding hydrogens is 378 g/mol. The molecule has 1 heterocycles. The lowest BCUT2D eigenvalue weighted by atomic mass is 10.2. The second-order valence-corrected chi connectivity index (χ2v) is 6.23. The number of aromatic nitrogens is 2. The van der Waals surface area contributed by atoms with Gasteiger partial charge in [0.1, 0.15) is 11.6 Å². The first-order valence-electron chi connectivity index (χ1n) is 8.72. The molecule has 0 saturated heterocycles. The summed E-state index contributed by atoms with van der Waals surface area (Å²) in [5, 5.41) is 4.41. The predicted molar refractivity (Wildman–Crippen MR) is 104 cm³/mol. The van der Waals surface area contributed by atoms with Gasteiger partial charge in [0.2, 0.25) is 0 Å². The SMILES string of the molecule is Cc1nn(-c2ccc(F)cc2)c(C)c1/C=C/C(=O)NNC(=O)c1ccccc1F. The van der Waals surface area contributed by atoms with Gasteiger partial charge in [0.15, 0.2) is 0 Å². The minimum absolute atomic E-state index is 0.177. The zero-order valence-electron chi connectivity index (χ0n) is 15.7. The Hall–Kier alpha value is -3.81. The van der Waals surface area contributed by atoms with Gasteiger partial charge in [0.05, 0.1) is 16.9 Å². The zero-order chi connectivity index (χ0) is 21.0. The summed E-state index contributed by atoms with van der Waals surface area (Å²) in [5.41, 5.74) is 7.01. The van der Waals surface area contributed by atoms with Crippen LogP contribution in [0.1, 0.15) is 27.3 Å². The summed E-state index contributed by atoms with van der Waals surface area (Å²) >= 11 is 0. The number of halogens is 2. The molecule has 0 unspecified atom stereocenters. The second-order valence-electron chi connectivity index (χ2n) is 6.23. The van der Waals surface area contributed by atoms with Crippen molar-refractivity contribution in [2.45, 2.75) is 13.8 Å². The van der Waals surface area contributed by atoms with Crippen molar-refractivity contribution in [3.63, 3.8) is 0 Å². The third-order valence-corrected chi connectivity index (χ3v) is 4.24. The first kappa shape index (κ1) is 19.9. The van der Waals surface area contributed by atoms with E-state index in [1.807, 2.05) is 6.92 Å². The molecule has 2 amide bonds. The van der Waals surface area contributed by atoms with Crippen molar-refractivity contribution >= 4 is 17.9 Å². The van der Waals surface area contributed by atoms with Crippen LogP contribution in [0.15, 0.2) is 54.6 Å². The molecule has 8 heteroatoms. The number of hydrogen-bond acceptors (Lipinski definition) is 3. The van der Waals surface area contributed by atoms with Crippen LogP contribution >= 0.6 is 0 Å². The van der Waals surface area contributed by atoms with Crippen LogP contribution in [0.4, 0.5) is 8.78 Å². The van der Waals surface area contributed by atoms with Crippen molar-refractivity contribution in [3.8, 4) is 5.69 Å².